The van der Waals surface area contributed by atoms with Crippen LogP contribution in [-0.4, -0.2) is 45.7 Å². The molecule has 2 heterocycles. The third-order valence-corrected chi connectivity index (χ3v) is 7.03. The summed E-state index contributed by atoms with van der Waals surface area (Å²) >= 11 is 0. The maximum absolute atomic E-state index is 12.6. The summed E-state index contributed by atoms with van der Waals surface area (Å²) in [4.78, 5) is 2.26. The Kier molecular flexibility index (Phi) is 5.93. The number of benzene rings is 1. The molecule has 2 aliphatic heterocycles. The van der Waals surface area contributed by atoms with E-state index in [9.17, 15) is 4.39 Å². The Balaban J connectivity index is 1.74. The molecule has 158 valence electrons. The van der Waals surface area contributed by atoms with Crippen LogP contribution >= 0.6 is 0 Å². The van der Waals surface area contributed by atoms with Gasteiger partial charge in [0.25, 0.3) is 0 Å². The smallest absolute Gasteiger partial charge is 0.130 e. The summed E-state index contributed by atoms with van der Waals surface area (Å²) in [5.41, 5.74) is 6.29. The van der Waals surface area contributed by atoms with Crippen molar-refractivity contribution in [2.45, 2.75) is 44.6 Å². The minimum absolute atomic E-state index is 0.0725. The Morgan fingerprint density at radius 1 is 1.34 bits per heavy atom. The van der Waals surface area contributed by atoms with Crippen LogP contribution in [0.4, 0.5) is 10.1 Å². The standard InChI is InChI=1S/C23H34FN5/c1-16-6-7-18(26-2)20(16)22(25)29-15-23(8-11-27-12-9-23)21-17(14-28-13-10-24)4-3-5-19(21)29/h3-5,16,25-28H,6-15H2,1-2H3/t16-/m1/s1. The van der Waals surface area contributed by atoms with Crippen molar-refractivity contribution in [1.29, 1.82) is 5.41 Å². The van der Waals surface area contributed by atoms with Gasteiger partial charge in [0.1, 0.15) is 12.5 Å². The highest BCUT2D eigenvalue weighted by atomic mass is 19.1. The normalized spacial score (nSPS) is 23.0. The summed E-state index contributed by atoms with van der Waals surface area (Å²) in [5, 5.41) is 19.3. The zero-order chi connectivity index (χ0) is 20.4. The van der Waals surface area contributed by atoms with Gasteiger partial charge in [0, 0.05) is 49.1 Å². The number of nitrogens with zero attached hydrogens (tertiary/aromatic N) is 1. The van der Waals surface area contributed by atoms with Crippen LogP contribution in [0, 0.1) is 11.3 Å². The van der Waals surface area contributed by atoms with Gasteiger partial charge >= 0.3 is 0 Å². The van der Waals surface area contributed by atoms with E-state index in [4.69, 9.17) is 5.41 Å². The van der Waals surface area contributed by atoms with Crippen LogP contribution in [0.25, 0.3) is 0 Å². The summed E-state index contributed by atoms with van der Waals surface area (Å²) in [6.45, 7) is 5.85. The number of halogens is 1. The molecule has 1 aliphatic carbocycles. The molecule has 29 heavy (non-hydrogen) atoms. The fourth-order valence-corrected chi connectivity index (χ4v) is 5.56. The summed E-state index contributed by atoms with van der Waals surface area (Å²) in [7, 11) is 1.97. The highest BCUT2D eigenvalue weighted by Gasteiger charge is 2.46. The van der Waals surface area contributed by atoms with Gasteiger partial charge in [0.15, 0.2) is 0 Å². The van der Waals surface area contributed by atoms with Crippen molar-refractivity contribution < 1.29 is 4.39 Å². The van der Waals surface area contributed by atoms with Gasteiger partial charge in [-0.15, -0.1) is 0 Å². The first-order valence-corrected chi connectivity index (χ1v) is 11.0. The van der Waals surface area contributed by atoms with Crippen molar-refractivity contribution in [3.05, 3.63) is 40.6 Å². The molecule has 4 rings (SSSR count). The van der Waals surface area contributed by atoms with Crippen LogP contribution in [0.15, 0.2) is 29.5 Å². The number of amidine groups is 1. The van der Waals surface area contributed by atoms with Gasteiger partial charge in [-0.25, -0.2) is 4.39 Å². The van der Waals surface area contributed by atoms with E-state index >= 15 is 0 Å². The van der Waals surface area contributed by atoms with Gasteiger partial charge in [-0.1, -0.05) is 19.1 Å². The number of fused-ring (bicyclic) bond motifs is 2. The molecule has 1 saturated heterocycles. The van der Waals surface area contributed by atoms with Crippen LogP contribution in [0.2, 0.25) is 0 Å². The van der Waals surface area contributed by atoms with Gasteiger partial charge in [0.05, 0.1) is 0 Å². The Hall–Kier alpha value is -1.92. The van der Waals surface area contributed by atoms with Crippen molar-refractivity contribution in [2.24, 2.45) is 5.92 Å². The van der Waals surface area contributed by atoms with Crippen LogP contribution in [0.3, 0.4) is 0 Å². The van der Waals surface area contributed by atoms with Crippen LogP contribution in [0.1, 0.15) is 43.7 Å². The molecular weight excluding hydrogens is 365 g/mol. The lowest BCUT2D eigenvalue weighted by atomic mass is 9.73. The van der Waals surface area contributed by atoms with E-state index in [2.05, 4.69) is 46.0 Å². The molecule has 0 bridgehead atoms. The van der Waals surface area contributed by atoms with Gasteiger partial charge in [0.2, 0.25) is 0 Å². The Labute approximate surface area is 173 Å². The molecule has 4 N–H and O–H groups in total. The molecule has 1 aromatic carbocycles. The fourth-order valence-electron chi connectivity index (χ4n) is 5.56. The predicted molar refractivity (Wildman–Crippen MR) is 117 cm³/mol. The first kappa shape index (κ1) is 20.4. The van der Waals surface area contributed by atoms with Crippen molar-refractivity contribution in [2.75, 3.05) is 44.8 Å². The van der Waals surface area contributed by atoms with Crippen LogP contribution in [0.5, 0.6) is 0 Å². The largest absolute Gasteiger partial charge is 0.391 e. The molecule has 0 radical (unpaired) electrons. The number of rotatable bonds is 6. The molecule has 1 atom stereocenters. The lowest BCUT2D eigenvalue weighted by Gasteiger charge is -2.36. The molecule has 0 amide bonds. The maximum atomic E-state index is 12.6. The van der Waals surface area contributed by atoms with Crippen molar-refractivity contribution in [3.63, 3.8) is 0 Å². The average Bonchev–Trinajstić information content (AvgIpc) is 3.27. The van der Waals surface area contributed by atoms with E-state index < -0.39 is 0 Å². The highest BCUT2D eigenvalue weighted by Crippen LogP contribution is 2.49. The monoisotopic (exact) mass is 399 g/mol. The molecule has 3 aliphatic rings. The zero-order valence-electron chi connectivity index (χ0n) is 17.7. The molecule has 1 aromatic rings. The molecule has 0 aromatic heterocycles. The molecule has 5 nitrogen and oxygen atoms in total. The first-order chi connectivity index (χ1) is 14.1. The molecule has 1 spiro atoms. The van der Waals surface area contributed by atoms with Gasteiger partial charge in [-0.05, 0) is 61.9 Å². The van der Waals surface area contributed by atoms with Crippen molar-refractivity contribution >= 4 is 11.5 Å². The second kappa shape index (κ2) is 8.44. The van der Waals surface area contributed by atoms with E-state index in [0.717, 1.165) is 45.3 Å². The number of alkyl halides is 1. The second-order valence-corrected chi connectivity index (χ2v) is 8.72. The lowest BCUT2D eigenvalue weighted by Crippen LogP contribution is -2.45. The number of hydrogen-bond donors (Lipinski definition) is 4. The quantitative estimate of drug-likeness (QED) is 0.337. The van der Waals surface area contributed by atoms with E-state index in [-0.39, 0.29) is 12.1 Å². The third-order valence-electron chi connectivity index (χ3n) is 7.03. The van der Waals surface area contributed by atoms with Crippen molar-refractivity contribution in [3.8, 4) is 0 Å². The minimum Gasteiger partial charge on any atom is -0.391 e. The zero-order valence-corrected chi connectivity index (χ0v) is 17.7. The van der Waals surface area contributed by atoms with Gasteiger partial charge in [-0.2, -0.15) is 0 Å². The maximum Gasteiger partial charge on any atom is 0.130 e. The molecule has 0 saturated carbocycles. The number of allylic oxidation sites excluding steroid dienone is 1. The average molecular weight is 400 g/mol. The number of anilines is 1. The minimum atomic E-state index is -0.348. The SMILES string of the molecule is CNC1=C(C(=N)N2CC3(CCNCC3)c3c(CNCCF)cccc32)[C@H](C)CC1. The Morgan fingerprint density at radius 2 is 2.14 bits per heavy atom. The van der Waals surface area contributed by atoms with Crippen LogP contribution in [-0.2, 0) is 12.0 Å². The van der Waals surface area contributed by atoms with Gasteiger partial charge in [-0.3, -0.25) is 5.41 Å². The lowest BCUT2D eigenvalue weighted by molar-refractivity contribution is 0.328. The predicted octanol–water partition coefficient (Wildman–Crippen LogP) is 3.07. The third kappa shape index (κ3) is 3.57. The summed E-state index contributed by atoms with van der Waals surface area (Å²) in [5.74, 6) is 1.07. The highest BCUT2D eigenvalue weighted by molar-refractivity contribution is 6.10. The first-order valence-electron chi connectivity index (χ1n) is 11.0. The molecule has 6 heteroatoms. The van der Waals surface area contributed by atoms with E-state index in [1.165, 1.54) is 28.1 Å². The van der Waals surface area contributed by atoms with Crippen molar-refractivity contribution in [1.82, 2.24) is 16.0 Å². The summed E-state index contributed by atoms with van der Waals surface area (Å²) < 4.78 is 12.6. The Bertz CT molecular complexity index is 796. The fraction of sp³-hybridized carbons (Fsp3) is 0.609. The number of nitrogens with one attached hydrogen (secondary N) is 4. The molecule has 1 fully saturated rings. The Morgan fingerprint density at radius 3 is 2.86 bits per heavy atom. The molecular formula is C23H34FN5. The molecule has 0 unspecified atom stereocenters. The second-order valence-electron chi connectivity index (χ2n) is 8.72. The van der Waals surface area contributed by atoms with E-state index in [0.29, 0.717) is 24.8 Å². The number of piperidine rings is 1. The number of hydrogen-bond acceptors (Lipinski definition) is 4. The van der Waals surface area contributed by atoms with Crippen LogP contribution < -0.4 is 20.9 Å². The summed E-state index contributed by atoms with van der Waals surface area (Å²) in [6, 6.07) is 6.45. The van der Waals surface area contributed by atoms with E-state index in [1.54, 1.807) is 0 Å². The topological polar surface area (TPSA) is 63.2 Å². The van der Waals surface area contributed by atoms with E-state index in [1.807, 2.05) is 7.05 Å². The van der Waals surface area contributed by atoms with Gasteiger partial charge < -0.3 is 20.9 Å². The summed E-state index contributed by atoms with van der Waals surface area (Å²) in [6.07, 6.45) is 4.30.